The van der Waals surface area contributed by atoms with E-state index in [1.807, 2.05) is 0 Å². The molecule has 350 valence electrons. The molecule has 68 heavy (non-hydrogen) atoms. The van der Waals surface area contributed by atoms with Crippen molar-refractivity contribution >= 4 is 57.2 Å². The van der Waals surface area contributed by atoms with Gasteiger partial charge in [0.1, 0.15) is 0 Å². The van der Waals surface area contributed by atoms with Crippen molar-refractivity contribution in [3.63, 3.8) is 0 Å². The molecule has 3 aliphatic carbocycles. The first kappa shape index (κ1) is 45.4. The molecule has 0 fully saturated rings. The largest absolute Gasteiger partial charge is 0.311 e. The van der Waals surface area contributed by atoms with Crippen molar-refractivity contribution in [2.75, 3.05) is 9.80 Å². The van der Waals surface area contributed by atoms with E-state index in [0.29, 0.717) is 0 Å². The Kier molecular flexibility index (Phi) is 9.70. The van der Waals surface area contributed by atoms with E-state index in [1.54, 1.807) is 0 Å². The average molecular weight is 897 g/mol. The Morgan fingerprint density at radius 1 is 0.397 bits per heavy atom. The Morgan fingerprint density at radius 3 is 1.44 bits per heavy atom. The van der Waals surface area contributed by atoms with Crippen LogP contribution in [-0.4, -0.2) is 6.71 Å². The number of benzene rings is 6. The fourth-order valence-electron chi connectivity index (χ4n) is 13.8. The zero-order valence-electron chi connectivity index (χ0n) is 44.5. The summed E-state index contributed by atoms with van der Waals surface area (Å²) < 4.78 is 0. The van der Waals surface area contributed by atoms with Gasteiger partial charge in [0.05, 0.1) is 0 Å². The fraction of sp³-hybridized carbons (Fsp3) is 0.446. The van der Waals surface area contributed by atoms with Crippen LogP contribution in [0, 0.1) is 13.8 Å². The normalized spacial score (nSPS) is 20.6. The molecule has 6 aromatic rings. The molecule has 0 saturated carbocycles. The molecule has 3 heteroatoms. The third kappa shape index (κ3) is 6.63. The summed E-state index contributed by atoms with van der Waals surface area (Å²) in [5.74, 6) is 0. The minimum Gasteiger partial charge on any atom is -0.311 e. The molecule has 0 saturated heterocycles. The summed E-state index contributed by atoms with van der Waals surface area (Å²) in [7, 11) is 0. The average Bonchev–Trinajstić information content (AvgIpc) is 3.28. The van der Waals surface area contributed by atoms with E-state index < -0.39 is 0 Å². The Balaban J connectivity index is 1.25. The van der Waals surface area contributed by atoms with Crippen LogP contribution in [0.4, 0.5) is 34.1 Å². The van der Waals surface area contributed by atoms with Crippen molar-refractivity contribution in [3.8, 4) is 0 Å². The van der Waals surface area contributed by atoms with E-state index in [-0.39, 0.29) is 44.6 Å². The SMILES string of the molecule is Cc1cc2c3c(c1)N(c1cc4c(cc1C)C(C)(C)CCC4(C)C)c1cc(C(C)(C)c4ccccc4)ccc1B3c1cc3c(cc1N2c1ccc2c(c1)C(C)(C)CCC2(C)C)C(C)(C)CCC3(C)C. The van der Waals surface area contributed by atoms with E-state index in [0.717, 1.165) is 0 Å². The van der Waals surface area contributed by atoms with E-state index >= 15 is 0 Å². The van der Waals surface area contributed by atoms with E-state index in [4.69, 9.17) is 0 Å². The zero-order valence-corrected chi connectivity index (χ0v) is 44.5. The summed E-state index contributed by atoms with van der Waals surface area (Å²) >= 11 is 0. The second kappa shape index (κ2) is 14.5. The fourth-order valence-corrected chi connectivity index (χ4v) is 13.8. The monoisotopic (exact) mass is 897 g/mol. The second-order valence-corrected chi connectivity index (χ2v) is 26.8. The van der Waals surface area contributed by atoms with E-state index in [9.17, 15) is 0 Å². The molecule has 0 bridgehead atoms. The van der Waals surface area contributed by atoms with Crippen LogP contribution in [0.25, 0.3) is 0 Å². The highest BCUT2D eigenvalue weighted by Gasteiger charge is 2.48. The lowest BCUT2D eigenvalue weighted by molar-refractivity contribution is 0.332. The number of nitrogens with zero attached hydrogens (tertiary/aromatic N) is 2. The highest BCUT2D eigenvalue weighted by atomic mass is 15.2. The topological polar surface area (TPSA) is 6.48 Å². The van der Waals surface area contributed by atoms with Crippen LogP contribution in [0.5, 0.6) is 0 Å². The highest BCUT2D eigenvalue weighted by molar-refractivity contribution is 7.00. The van der Waals surface area contributed by atoms with Crippen LogP contribution in [0.2, 0.25) is 0 Å². The summed E-state index contributed by atoms with van der Waals surface area (Å²) in [5.41, 5.74) is 26.9. The number of anilines is 6. The Morgan fingerprint density at radius 2 is 0.868 bits per heavy atom. The smallest absolute Gasteiger partial charge is 0.252 e. The first-order valence-corrected chi connectivity index (χ1v) is 26.2. The van der Waals surface area contributed by atoms with Crippen LogP contribution < -0.4 is 26.2 Å². The lowest BCUT2D eigenvalue weighted by atomic mass is 9.33. The lowest BCUT2D eigenvalue weighted by Crippen LogP contribution is -2.62. The van der Waals surface area contributed by atoms with Crippen molar-refractivity contribution in [1.82, 2.24) is 0 Å². The van der Waals surface area contributed by atoms with Crippen LogP contribution in [-0.2, 0) is 37.9 Å². The number of rotatable bonds is 4. The standard InChI is InChI=1S/C65H77BN2/c1-40-32-56-58-57(33-40)68(53-38-49-46(34-41(53)2)60(5,6)28-30-63(49,11)12)54-35-43(65(15,16)42-20-18-17-19-21-42)22-25-51(54)66(58)52-37-48-50(64(13,14)31-29-62(48,9)10)39-55(52)67(56)44-23-24-45-47(36-44)61(7,8)27-26-59(45,3)4/h17-25,32-39H,26-31H2,1-16H3. The quantitative estimate of drug-likeness (QED) is 0.162. The molecule has 2 aliphatic heterocycles. The maximum absolute atomic E-state index is 2.72. The van der Waals surface area contributed by atoms with Gasteiger partial charge in [-0.05, 0) is 199 Å². The molecule has 0 spiro atoms. The minimum absolute atomic E-state index is 0.0550. The summed E-state index contributed by atoms with van der Waals surface area (Å²) in [5, 5.41) is 0. The van der Waals surface area contributed by atoms with Gasteiger partial charge in [-0.25, -0.2) is 0 Å². The van der Waals surface area contributed by atoms with Crippen LogP contribution in [0.3, 0.4) is 0 Å². The van der Waals surface area contributed by atoms with Crippen molar-refractivity contribution in [1.29, 1.82) is 0 Å². The van der Waals surface area contributed by atoms with Crippen molar-refractivity contribution < 1.29 is 0 Å². The van der Waals surface area contributed by atoms with Gasteiger partial charge in [0.25, 0.3) is 6.71 Å². The van der Waals surface area contributed by atoms with Crippen LogP contribution in [0.15, 0.2) is 103 Å². The van der Waals surface area contributed by atoms with Gasteiger partial charge in [-0.2, -0.15) is 0 Å². The van der Waals surface area contributed by atoms with Crippen molar-refractivity contribution in [2.45, 2.75) is 187 Å². The molecule has 2 nitrogen and oxygen atoms in total. The Labute approximate surface area is 411 Å². The predicted octanol–water partition coefficient (Wildman–Crippen LogP) is 15.8. The van der Waals surface area contributed by atoms with Gasteiger partial charge in [0, 0.05) is 39.5 Å². The molecular weight excluding hydrogens is 820 g/mol. The minimum atomic E-state index is -0.207. The molecule has 0 N–H and O–H groups in total. The number of hydrogen-bond donors (Lipinski definition) is 0. The first-order valence-electron chi connectivity index (χ1n) is 26.2. The molecule has 0 atom stereocenters. The Hall–Kier alpha value is -5.02. The lowest BCUT2D eigenvalue weighted by Gasteiger charge is -2.48. The summed E-state index contributed by atoms with van der Waals surface area (Å²) in [4.78, 5) is 5.44. The number of aryl methyl sites for hydroxylation is 2. The number of fused-ring (bicyclic) bond motifs is 7. The van der Waals surface area contributed by atoms with Gasteiger partial charge >= 0.3 is 0 Å². The molecule has 0 amide bonds. The summed E-state index contributed by atoms with van der Waals surface area (Å²) in [6, 6.07) is 42.0. The first-order chi connectivity index (χ1) is 31.7. The summed E-state index contributed by atoms with van der Waals surface area (Å²) in [6.07, 6.45) is 7.15. The maximum atomic E-state index is 2.72. The predicted molar refractivity (Wildman–Crippen MR) is 294 cm³/mol. The summed E-state index contributed by atoms with van der Waals surface area (Å²) in [6.45, 7) is 39.3. The third-order valence-electron chi connectivity index (χ3n) is 18.9. The van der Waals surface area contributed by atoms with Gasteiger partial charge in [0.15, 0.2) is 0 Å². The second-order valence-electron chi connectivity index (χ2n) is 26.8. The highest BCUT2D eigenvalue weighted by Crippen LogP contribution is 2.55. The molecule has 11 rings (SSSR count). The molecular formula is C65H77BN2. The van der Waals surface area contributed by atoms with Gasteiger partial charge in [-0.15, -0.1) is 0 Å². The van der Waals surface area contributed by atoms with Crippen LogP contribution in [0.1, 0.15) is 191 Å². The van der Waals surface area contributed by atoms with Crippen molar-refractivity contribution in [3.05, 3.63) is 159 Å². The van der Waals surface area contributed by atoms with E-state index in [1.165, 1.54) is 145 Å². The molecule has 0 unspecified atom stereocenters. The van der Waals surface area contributed by atoms with Gasteiger partial charge in [0.2, 0.25) is 0 Å². The van der Waals surface area contributed by atoms with E-state index in [2.05, 4.69) is 224 Å². The molecule has 6 aromatic carbocycles. The molecule has 5 aliphatic rings. The Bertz CT molecular complexity index is 3080. The van der Waals surface area contributed by atoms with Gasteiger partial charge in [-0.3, -0.25) is 0 Å². The van der Waals surface area contributed by atoms with Crippen LogP contribution >= 0.6 is 0 Å². The maximum Gasteiger partial charge on any atom is 0.252 e. The zero-order chi connectivity index (χ0) is 48.5. The van der Waals surface area contributed by atoms with Gasteiger partial charge < -0.3 is 9.80 Å². The van der Waals surface area contributed by atoms with Gasteiger partial charge in [-0.1, -0.05) is 158 Å². The van der Waals surface area contributed by atoms with Crippen molar-refractivity contribution in [2.24, 2.45) is 0 Å². The molecule has 0 radical (unpaired) electrons. The third-order valence-corrected chi connectivity index (χ3v) is 18.9. The number of hydrogen-bond acceptors (Lipinski definition) is 2. The molecule has 2 heterocycles. The molecule has 0 aromatic heterocycles.